The maximum atomic E-state index is 12.3. The molecule has 22 heavy (non-hydrogen) atoms. The number of benzene rings is 1. The molecule has 0 unspecified atom stereocenters. The summed E-state index contributed by atoms with van der Waals surface area (Å²) in [6.07, 6.45) is 0.754. The van der Waals surface area contributed by atoms with Gasteiger partial charge in [-0.05, 0) is 25.0 Å². The van der Waals surface area contributed by atoms with Gasteiger partial charge in [-0.1, -0.05) is 11.6 Å². The van der Waals surface area contributed by atoms with E-state index in [0.29, 0.717) is 29.5 Å². The molecule has 1 atom stereocenters. The number of urea groups is 1. The Morgan fingerprint density at radius 1 is 1.41 bits per heavy atom. The van der Waals surface area contributed by atoms with Crippen LogP contribution in [0.2, 0.25) is 5.02 Å². The molecule has 0 radical (unpaired) electrons. The smallest absolute Gasteiger partial charge is 0.322 e. The molecule has 0 bridgehead atoms. The highest BCUT2D eigenvalue weighted by Crippen LogP contribution is 2.31. The number of carbonyl (C=O) groups is 2. The zero-order chi connectivity index (χ0) is 16.3. The second kappa shape index (κ2) is 6.87. The number of likely N-dealkylation sites (tertiary alicyclic amines) is 1. The predicted molar refractivity (Wildman–Crippen MR) is 85.6 cm³/mol. The lowest BCUT2D eigenvalue weighted by atomic mass is 10.2. The fourth-order valence-corrected chi connectivity index (χ4v) is 2.63. The molecule has 2 N–H and O–H groups in total. The molecule has 1 aliphatic rings. The standard InChI is InChI=1S/C15H20ClN3O3/c1-9-6-13(14(22-3)7-12(9)16)18-15(21)19-5-4-11(8-19)17-10(2)20/h6-7,11H,4-5,8H2,1-3H3,(H,17,20)(H,18,21)/t11-/m0/s1. The number of carbonyl (C=O) groups excluding carboxylic acids is 2. The van der Waals surface area contributed by atoms with Gasteiger partial charge in [-0.15, -0.1) is 0 Å². The van der Waals surface area contributed by atoms with Crippen molar-refractivity contribution in [2.24, 2.45) is 0 Å². The van der Waals surface area contributed by atoms with Crippen molar-refractivity contribution in [2.45, 2.75) is 26.3 Å². The summed E-state index contributed by atoms with van der Waals surface area (Å²) in [4.78, 5) is 25.1. The average molecular weight is 326 g/mol. The van der Waals surface area contributed by atoms with Gasteiger partial charge < -0.3 is 20.3 Å². The van der Waals surface area contributed by atoms with Crippen LogP contribution in [0.1, 0.15) is 18.9 Å². The zero-order valence-corrected chi connectivity index (χ0v) is 13.7. The number of nitrogens with one attached hydrogen (secondary N) is 2. The van der Waals surface area contributed by atoms with Crippen molar-refractivity contribution in [1.82, 2.24) is 10.2 Å². The zero-order valence-electron chi connectivity index (χ0n) is 12.9. The molecule has 3 amide bonds. The minimum Gasteiger partial charge on any atom is -0.495 e. The second-order valence-electron chi connectivity index (χ2n) is 5.36. The van der Waals surface area contributed by atoms with Crippen molar-refractivity contribution in [2.75, 3.05) is 25.5 Å². The molecular formula is C15H20ClN3O3. The predicted octanol–water partition coefficient (Wildman–Crippen LogP) is 2.40. The summed E-state index contributed by atoms with van der Waals surface area (Å²) in [5.74, 6) is 0.434. The molecular weight excluding hydrogens is 306 g/mol. The Bertz CT molecular complexity index is 592. The first kappa shape index (κ1) is 16.4. The summed E-state index contributed by atoms with van der Waals surface area (Å²) in [6, 6.07) is 3.25. The number of rotatable bonds is 3. The van der Waals surface area contributed by atoms with Gasteiger partial charge in [0.15, 0.2) is 0 Å². The Balaban J connectivity index is 2.04. The maximum Gasteiger partial charge on any atom is 0.322 e. The van der Waals surface area contributed by atoms with E-state index in [1.54, 1.807) is 17.0 Å². The van der Waals surface area contributed by atoms with Gasteiger partial charge in [-0.25, -0.2) is 4.79 Å². The Kier molecular flexibility index (Phi) is 5.13. The molecule has 0 saturated carbocycles. The third-order valence-electron chi connectivity index (χ3n) is 3.61. The lowest BCUT2D eigenvalue weighted by Crippen LogP contribution is -2.38. The minimum absolute atomic E-state index is 0.0112. The van der Waals surface area contributed by atoms with Crippen LogP contribution < -0.4 is 15.4 Å². The van der Waals surface area contributed by atoms with Gasteiger partial charge in [0.2, 0.25) is 5.91 Å². The lowest BCUT2D eigenvalue weighted by Gasteiger charge is -2.19. The molecule has 1 aromatic carbocycles. The van der Waals surface area contributed by atoms with Crippen LogP contribution in [0.5, 0.6) is 5.75 Å². The van der Waals surface area contributed by atoms with Crippen LogP contribution in [0.15, 0.2) is 12.1 Å². The van der Waals surface area contributed by atoms with Crippen LogP contribution in [0.25, 0.3) is 0 Å². The fourth-order valence-electron chi connectivity index (χ4n) is 2.47. The van der Waals surface area contributed by atoms with E-state index in [1.807, 2.05) is 6.92 Å². The highest BCUT2D eigenvalue weighted by molar-refractivity contribution is 6.31. The molecule has 1 aliphatic heterocycles. The molecule has 1 saturated heterocycles. The molecule has 2 rings (SSSR count). The summed E-state index contributed by atoms with van der Waals surface area (Å²) in [7, 11) is 1.53. The fraction of sp³-hybridized carbons (Fsp3) is 0.467. The monoisotopic (exact) mass is 325 g/mol. The number of aryl methyl sites for hydroxylation is 1. The van der Waals surface area contributed by atoms with E-state index in [0.717, 1.165) is 12.0 Å². The molecule has 6 nitrogen and oxygen atoms in total. The van der Waals surface area contributed by atoms with Crippen LogP contribution in [-0.4, -0.2) is 43.1 Å². The SMILES string of the molecule is COc1cc(Cl)c(C)cc1NC(=O)N1CC[C@H](NC(C)=O)C1. The minimum atomic E-state index is -0.215. The number of ether oxygens (including phenoxy) is 1. The summed E-state index contributed by atoms with van der Waals surface area (Å²) in [5, 5.41) is 6.25. The largest absolute Gasteiger partial charge is 0.495 e. The van der Waals surface area contributed by atoms with Crippen molar-refractivity contribution in [3.05, 3.63) is 22.7 Å². The van der Waals surface area contributed by atoms with Crippen LogP contribution >= 0.6 is 11.6 Å². The molecule has 1 aromatic rings. The van der Waals surface area contributed by atoms with Crippen molar-refractivity contribution >= 4 is 29.2 Å². The number of nitrogens with zero attached hydrogens (tertiary/aromatic N) is 1. The van der Waals surface area contributed by atoms with Gasteiger partial charge in [0, 0.05) is 37.1 Å². The molecule has 0 spiro atoms. The Hall–Kier alpha value is -1.95. The molecule has 7 heteroatoms. The quantitative estimate of drug-likeness (QED) is 0.896. The molecule has 0 aliphatic carbocycles. The maximum absolute atomic E-state index is 12.3. The summed E-state index contributed by atoms with van der Waals surface area (Å²) in [5.41, 5.74) is 1.44. The van der Waals surface area contributed by atoms with E-state index in [-0.39, 0.29) is 18.0 Å². The Labute approximate surface area is 134 Å². The van der Waals surface area contributed by atoms with Crippen molar-refractivity contribution in [3.63, 3.8) is 0 Å². The van der Waals surface area contributed by atoms with Gasteiger partial charge in [0.05, 0.1) is 12.8 Å². The van der Waals surface area contributed by atoms with E-state index >= 15 is 0 Å². The van der Waals surface area contributed by atoms with Crippen LogP contribution in [0.4, 0.5) is 10.5 Å². The number of amides is 3. The summed E-state index contributed by atoms with van der Waals surface area (Å²) in [6.45, 7) is 4.44. The first-order valence-electron chi connectivity index (χ1n) is 7.08. The van der Waals surface area contributed by atoms with Gasteiger partial charge in [-0.2, -0.15) is 0 Å². The lowest BCUT2D eigenvalue weighted by molar-refractivity contribution is -0.119. The molecule has 1 heterocycles. The highest BCUT2D eigenvalue weighted by atomic mass is 35.5. The third-order valence-corrected chi connectivity index (χ3v) is 4.01. The molecule has 1 fully saturated rings. The van der Waals surface area contributed by atoms with E-state index in [4.69, 9.17) is 16.3 Å². The number of hydrogen-bond donors (Lipinski definition) is 2. The normalized spacial score (nSPS) is 17.3. The van der Waals surface area contributed by atoms with Gasteiger partial charge in [0.1, 0.15) is 5.75 Å². The van der Waals surface area contributed by atoms with E-state index in [9.17, 15) is 9.59 Å². The van der Waals surface area contributed by atoms with Crippen LogP contribution in [-0.2, 0) is 4.79 Å². The van der Waals surface area contributed by atoms with Crippen LogP contribution in [0, 0.1) is 6.92 Å². The van der Waals surface area contributed by atoms with Crippen molar-refractivity contribution in [1.29, 1.82) is 0 Å². The van der Waals surface area contributed by atoms with Crippen molar-refractivity contribution < 1.29 is 14.3 Å². The summed E-state index contributed by atoms with van der Waals surface area (Å²) >= 11 is 6.05. The average Bonchev–Trinajstić information content (AvgIpc) is 2.90. The Morgan fingerprint density at radius 2 is 2.14 bits per heavy atom. The number of anilines is 1. The summed E-state index contributed by atoms with van der Waals surface area (Å²) < 4.78 is 5.24. The first-order chi connectivity index (χ1) is 10.4. The second-order valence-corrected chi connectivity index (χ2v) is 5.77. The number of methoxy groups -OCH3 is 1. The molecule has 0 aromatic heterocycles. The van der Waals surface area contributed by atoms with Gasteiger partial charge >= 0.3 is 6.03 Å². The highest BCUT2D eigenvalue weighted by Gasteiger charge is 2.27. The number of hydrogen-bond acceptors (Lipinski definition) is 3. The van der Waals surface area contributed by atoms with E-state index in [1.165, 1.54) is 14.0 Å². The topological polar surface area (TPSA) is 70.7 Å². The Morgan fingerprint density at radius 3 is 2.77 bits per heavy atom. The third kappa shape index (κ3) is 3.82. The van der Waals surface area contributed by atoms with E-state index < -0.39 is 0 Å². The van der Waals surface area contributed by atoms with E-state index in [2.05, 4.69) is 10.6 Å². The van der Waals surface area contributed by atoms with Crippen molar-refractivity contribution in [3.8, 4) is 5.75 Å². The first-order valence-corrected chi connectivity index (χ1v) is 7.45. The van der Waals surface area contributed by atoms with Gasteiger partial charge in [-0.3, -0.25) is 4.79 Å². The van der Waals surface area contributed by atoms with Gasteiger partial charge in [0.25, 0.3) is 0 Å². The number of halogens is 1. The van der Waals surface area contributed by atoms with Crippen LogP contribution in [0.3, 0.4) is 0 Å². The molecule has 120 valence electrons.